The first kappa shape index (κ1) is 12.3. The fourth-order valence-corrected chi connectivity index (χ4v) is 2.35. The predicted octanol–water partition coefficient (Wildman–Crippen LogP) is 1.59. The second-order valence-electron chi connectivity index (χ2n) is 4.51. The molecular formula is C13H18N2OS. The van der Waals surface area contributed by atoms with Gasteiger partial charge in [-0.15, -0.1) is 0 Å². The Kier molecular flexibility index (Phi) is 3.64. The molecule has 1 fully saturated rings. The fraction of sp³-hybridized carbons (Fsp3) is 0.462. The van der Waals surface area contributed by atoms with Crippen molar-refractivity contribution in [2.24, 2.45) is 5.73 Å². The van der Waals surface area contributed by atoms with Crippen LogP contribution in [-0.2, 0) is 0 Å². The summed E-state index contributed by atoms with van der Waals surface area (Å²) in [6, 6.07) is 6.70. The molecular weight excluding hydrogens is 232 g/mol. The molecule has 1 aromatic rings. The van der Waals surface area contributed by atoms with Crippen LogP contribution in [0.2, 0.25) is 0 Å². The first-order chi connectivity index (χ1) is 8.13. The van der Waals surface area contributed by atoms with Crippen molar-refractivity contribution in [3.05, 3.63) is 29.3 Å². The number of aliphatic hydroxyl groups is 1. The monoisotopic (exact) mass is 250 g/mol. The maximum Gasteiger partial charge on any atom is 0.104 e. The minimum absolute atomic E-state index is 0.187. The van der Waals surface area contributed by atoms with Gasteiger partial charge < -0.3 is 15.7 Å². The van der Waals surface area contributed by atoms with Gasteiger partial charge in [-0.25, -0.2) is 0 Å². The van der Waals surface area contributed by atoms with Crippen LogP contribution in [0.4, 0.5) is 5.69 Å². The summed E-state index contributed by atoms with van der Waals surface area (Å²) in [7, 11) is 0. The summed E-state index contributed by atoms with van der Waals surface area (Å²) in [6.45, 7) is 2.89. The molecule has 1 aliphatic carbocycles. The second kappa shape index (κ2) is 5.02. The Labute approximate surface area is 107 Å². The lowest BCUT2D eigenvalue weighted by Gasteiger charge is -2.24. The summed E-state index contributed by atoms with van der Waals surface area (Å²) < 4.78 is 0. The average molecular weight is 250 g/mol. The highest BCUT2D eigenvalue weighted by Gasteiger charge is 2.28. The molecule has 0 heterocycles. The van der Waals surface area contributed by atoms with Gasteiger partial charge in [0, 0.05) is 23.8 Å². The molecule has 17 heavy (non-hydrogen) atoms. The second-order valence-corrected chi connectivity index (χ2v) is 4.95. The topological polar surface area (TPSA) is 49.5 Å². The van der Waals surface area contributed by atoms with Gasteiger partial charge in [-0.1, -0.05) is 12.2 Å². The highest BCUT2D eigenvalue weighted by Crippen LogP contribution is 2.32. The van der Waals surface area contributed by atoms with Gasteiger partial charge in [-0.2, -0.15) is 0 Å². The summed E-state index contributed by atoms with van der Waals surface area (Å²) in [5.74, 6) is 0. The van der Waals surface area contributed by atoms with Crippen LogP contribution >= 0.6 is 12.2 Å². The summed E-state index contributed by atoms with van der Waals surface area (Å²) in [4.78, 5) is 2.70. The maximum absolute atomic E-state index is 9.10. The van der Waals surface area contributed by atoms with Crippen LogP contribution in [0.5, 0.6) is 0 Å². The standard InChI is InChI=1S/C13H18N2OS/c1-9-8-11(4-5-12(9)13(14)17)15(6-7-16)10-2-3-10/h4-5,8,10,16H,2-3,6-7H2,1H3,(H2,14,17). The Morgan fingerprint density at radius 3 is 2.71 bits per heavy atom. The molecule has 0 saturated heterocycles. The van der Waals surface area contributed by atoms with Crippen LogP contribution in [0.15, 0.2) is 18.2 Å². The zero-order valence-corrected chi connectivity index (χ0v) is 10.8. The van der Waals surface area contributed by atoms with Crippen LogP contribution < -0.4 is 10.6 Å². The Morgan fingerprint density at radius 1 is 1.53 bits per heavy atom. The van der Waals surface area contributed by atoms with Gasteiger partial charge in [0.2, 0.25) is 0 Å². The van der Waals surface area contributed by atoms with E-state index < -0.39 is 0 Å². The minimum Gasteiger partial charge on any atom is -0.395 e. The number of aryl methyl sites for hydroxylation is 1. The molecule has 4 heteroatoms. The van der Waals surface area contributed by atoms with Crippen LogP contribution in [0.25, 0.3) is 0 Å². The number of hydrogen-bond donors (Lipinski definition) is 2. The van der Waals surface area contributed by atoms with E-state index in [0.717, 1.165) is 16.8 Å². The minimum atomic E-state index is 0.187. The number of hydrogen-bond acceptors (Lipinski definition) is 3. The van der Waals surface area contributed by atoms with Crippen LogP contribution in [-0.4, -0.2) is 29.3 Å². The molecule has 0 bridgehead atoms. The molecule has 2 rings (SSSR count). The van der Waals surface area contributed by atoms with Crippen molar-refractivity contribution in [2.45, 2.75) is 25.8 Å². The van der Waals surface area contributed by atoms with Crippen molar-refractivity contribution in [3.63, 3.8) is 0 Å². The first-order valence-electron chi connectivity index (χ1n) is 5.91. The van der Waals surface area contributed by atoms with E-state index in [4.69, 9.17) is 23.1 Å². The third-order valence-corrected chi connectivity index (χ3v) is 3.36. The molecule has 0 spiro atoms. The Bertz CT molecular complexity index is 429. The quantitative estimate of drug-likeness (QED) is 0.779. The highest BCUT2D eigenvalue weighted by molar-refractivity contribution is 7.80. The van der Waals surface area contributed by atoms with E-state index >= 15 is 0 Å². The molecule has 3 N–H and O–H groups in total. The Balaban J connectivity index is 2.25. The maximum atomic E-state index is 9.10. The number of aliphatic hydroxyl groups excluding tert-OH is 1. The van der Waals surface area contributed by atoms with Crippen molar-refractivity contribution in [3.8, 4) is 0 Å². The molecule has 0 aliphatic heterocycles. The van der Waals surface area contributed by atoms with Crippen LogP contribution in [0.1, 0.15) is 24.0 Å². The summed E-state index contributed by atoms with van der Waals surface area (Å²) in [6.07, 6.45) is 2.44. The number of benzene rings is 1. The summed E-state index contributed by atoms with van der Waals surface area (Å²) in [5.41, 5.74) is 8.83. The Hall–Kier alpha value is -1.13. The molecule has 0 radical (unpaired) electrons. The van der Waals surface area contributed by atoms with Crippen LogP contribution in [0, 0.1) is 6.92 Å². The molecule has 3 nitrogen and oxygen atoms in total. The van der Waals surface area contributed by atoms with Crippen molar-refractivity contribution in [2.75, 3.05) is 18.1 Å². The highest BCUT2D eigenvalue weighted by atomic mass is 32.1. The molecule has 1 aliphatic rings. The third-order valence-electron chi connectivity index (χ3n) is 3.14. The summed E-state index contributed by atoms with van der Waals surface area (Å²) >= 11 is 5.00. The van der Waals surface area contributed by atoms with Crippen LogP contribution in [0.3, 0.4) is 0 Å². The summed E-state index contributed by atoms with van der Waals surface area (Å²) in [5, 5.41) is 9.10. The largest absolute Gasteiger partial charge is 0.395 e. The molecule has 92 valence electrons. The molecule has 0 aromatic heterocycles. The average Bonchev–Trinajstić information content (AvgIpc) is 3.09. The zero-order chi connectivity index (χ0) is 12.4. The van der Waals surface area contributed by atoms with E-state index in [1.165, 1.54) is 12.8 Å². The van der Waals surface area contributed by atoms with Gasteiger partial charge in [0.25, 0.3) is 0 Å². The van der Waals surface area contributed by atoms with E-state index in [1.54, 1.807) is 0 Å². The SMILES string of the molecule is Cc1cc(N(CCO)C2CC2)ccc1C(N)=S. The van der Waals surface area contributed by atoms with Crippen molar-refractivity contribution in [1.29, 1.82) is 0 Å². The van der Waals surface area contributed by atoms with Gasteiger partial charge >= 0.3 is 0 Å². The lowest BCUT2D eigenvalue weighted by molar-refractivity contribution is 0.301. The lowest BCUT2D eigenvalue weighted by Crippen LogP contribution is -2.29. The zero-order valence-electron chi connectivity index (χ0n) is 10.0. The first-order valence-corrected chi connectivity index (χ1v) is 6.32. The predicted molar refractivity (Wildman–Crippen MR) is 74.5 cm³/mol. The molecule has 0 amide bonds. The molecule has 0 unspecified atom stereocenters. The number of nitrogens with two attached hydrogens (primary N) is 1. The van der Waals surface area contributed by atoms with E-state index in [9.17, 15) is 0 Å². The number of rotatable bonds is 5. The Morgan fingerprint density at radius 2 is 2.24 bits per heavy atom. The molecule has 1 saturated carbocycles. The lowest BCUT2D eigenvalue weighted by atomic mass is 10.1. The number of thiocarbonyl (C=S) groups is 1. The number of nitrogens with zero attached hydrogens (tertiary/aromatic N) is 1. The van der Waals surface area contributed by atoms with E-state index in [0.29, 0.717) is 17.6 Å². The number of anilines is 1. The van der Waals surface area contributed by atoms with Gasteiger partial charge in [-0.3, -0.25) is 0 Å². The smallest absolute Gasteiger partial charge is 0.104 e. The van der Waals surface area contributed by atoms with Gasteiger partial charge in [0.15, 0.2) is 0 Å². The van der Waals surface area contributed by atoms with E-state index in [2.05, 4.69) is 11.0 Å². The van der Waals surface area contributed by atoms with Crippen molar-refractivity contribution >= 4 is 22.9 Å². The molecule has 0 atom stereocenters. The fourth-order valence-electron chi connectivity index (χ4n) is 2.12. The van der Waals surface area contributed by atoms with Gasteiger partial charge in [0.05, 0.1) is 6.61 Å². The normalized spacial score (nSPS) is 14.7. The van der Waals surface area contributed by atoms with Crippen molar-refractivity contribution in [1.82, 2.24) is 0 Å². The van der Waals surface area contributed by atoms with E-state index in [-0.39, 0.29) is 6.61 Å². The van der Waals surface area contributed by atoms with Gasteiger partial charge in [0.1, 0.15) is 4.99 Å². The van der Waals surface area contributed by atoms with E-state index in [1.807, 2.05) is 19.1 Å². The van der Waals surface area contributed by atoms with Gasteiger partial charge in [-0.05, 0) is 43.5 Å². The molecule has 1 aromatic carbocycles. The van der Waals surface area contributed by atoms with Crippen molar-refractivity contribution < 1.29 is 5.11 Å². The third kappa shape index (κ3) is 2.76.